The number of hydrogen-bond acceptors (Lipinski definition) is 5. The van der Waals surface area contributed by atoms with Gasteiger partial charge in [-0.25, -0.2) is 9.97 Å². The summed E-state index contributed by atoms with van der Waals surface area (Å²) in [6.45, 7) is 6.51. The number of aromatic nitrogens is 3. The topological polar surface area (TPSA) is 79.3 Å². The van der Waals surface area contributed by atoms with Crippen LogP contribution in [0.4, 0.5) is 0 Å². The van der Waals surface area contributed by atoms with Crippen LogP contribution in [0.3, 0.4) is 0 Å². The van der Waals surface area contributed by atoms with Gasteiger partial charge in [0.25, 0.3) is 5.91 Å². The van der Waals surface area contributed by atoms with E-state index in [0.717, 1.165) is 37.1 Å². The first kappa shape index (κ1) is 19.5. The molecule has 2 aliphatic heterocycles. The summed E-state index contributed by atoms with van der Waals surface area (Å²) in [7, 11) is 0. The fraction of sp³-hybridized carbons (Fsp3) is 0.500. The Morgan fingerprint density at radius 3 is 2.55 bits per heavy atom. The fourth-order valence-corrected chi connectivity index (χ4v) is 4.51. The standard InChI is InChI=1S/C22H27N5O2/c1-16-19(13-24-17(2)25-16)21(29)26-11-7-22(8-12-26)6-3-20(28)27(15-22)14-18-4-9-23-10-5-18/h4-5,9-10,13H,3,6-8,11-12,14-15H2,1-2H3. The third-order valence-electron chi connectivity index (χ3n) is 6.31. The van der Waals surface area contributed by atoms with Crippen LogP contribution in [0.25, 0.3) is 0 Å². The molecule has 0 N–H and O–H groups in total. The van der Waals surface area contributed by atoms with Crippen molar-refractivity contribution in [2.45, 2.75) is 46.1 Å². The maximum Gasteiger partial charge on any atom is 0.257 e. The molecule has 4 rings (SSSR count). The number of nitrogens with zero attached hydrogens (tertiary/aromatic N) is 5. The van der Waals surface area contributed by atoms with E-state index >= 15 is 0 Å². The third kappa shape index (κ3) is 4.13. The largest absolute Gasteiger partial charge is 0.339 e. The average Bonchev–Trinajstić information content (AvgIpc) is 2.72. The van der Waals surface area contributed by atoms with E-state index in [0.29, 0.717) is 37.4 Å². The average molecular weight is 393 g/mol. The molecule has 7 heteroatoms. The predicted octanol–water partition coefficient (Wildman–Crippen LogP) is 2.53. The minimum atomic E-state index is 0.0119. The van der Waals surface area contributed by atoms with Gasteiger partial charge in [-0.2, -0.15) is 0 Å². The van der Waals surface area contributed by atoms with Crippen molar-refractivity contribution >= 4 is 11.8 Å². The highest BCUT2D eigenvalue weighted by atomic mass is 16.2. The molecule has 0 aromatic carbocycles. The van der Waals surface area contributed by atoms with Crippen LogP contribution in [0.5, 0.6) is 0 Å². The molecule has 29 heavy (non-hydrogen) atoms. The van der Waals surface area contributed by atoms with Crippen molar-refractivity contribution in [3.63, 3.8) is 0 Å². The van der Waals surface area contributed by atoms with Crippen molar-refractivity contribution in [1.82, 2.24) is 24.8 Å². The zero-order chi connectivity index (χ0) is 20.4. The number of aryl methyl sites for hydroxylation is 2. The summed E-state index contributed by atoms with van der Waals surface area (Å²) in [6.07, 6.45) is 8.51. The molecule has 0 aliphatic carbocycles. The summed E-state index contributed by atoms with van der Waals surface area (Å²) in [6, 6.07) is 3.92. The second-order valence-electron chi connectivity index (χ2n) is 8.31. The van der Waals surface area contributed by atoms with E-state index in [1.54, 1.807) is 18.6 Å². The molecule has 1 spiro atoms. The molecule has 0 bridgehead atoms. The summed E-state index contributed by atoms with van der Waals surface area (Å²) in [5, 5.41) is 0. The molecular formula is C22H27N5O2. The lowest BCUT2D eigenvalue weighted by Crippen LogP contribution is -2.52. The van der Waals surface area contributed by atoms with E-state index in [9.17, 15) is 9.59 Å². The SMILES string of the molecule is Cc1ncc(C(=O)N2CCC3(CCC(=O)N(Cc4ccncc4)C3)CC2)c(C)n1. The van der Waals surface area contributed by atoms with E-state index in [-0.39, 0.29) is 17.2 Å². The van der Waals surface area contributed by atoms with Gasteiger partial charge in [-0.1, -0.05) is 0 Å². The number of hydrogen-bond donors (Lipinski definition) is 0. The van der Waals surface area contributed by atoms with Gasteiger partial charge in [-0.3, -0.25) is 14.6 Å². The number of piperidine rings is 2. The Kier molecular flexibility index (Phi) is 5.30. The van der Waals surface area contributed by atoms with Crippen LogP contribution >= 0.6 is 0 Å². The Balaban J connectivity index is 1.41. The van der Waals surface area contributed by atoms with Crippen LogP contribution in [-0.4, -0.2) is 56.2 Å². The highest BCUT2D eigenvalue weighted by molar-refractivity contribution is 5.95. The summed E-state index contributed by atoms with van der Waals surface area (Å²) in [5.41, 5.74) is 2.53. The number of rotatable bonds is 3. The van der Waals surface area contributed by atoms with Crippen molar-refractivity contribution in [2.24, 2.45) is 5.41 Å². The lowest BCUT2D eigenvalue weighted by Gasteiger charge is -2.47. The van der Waals surface area contributed by atoms with Gasteiger partial charge < -0.3 is 9.80 Å². The molecule has 2 saturated heterocycles. The smallest absolute Gasteiger partial charge is 0.257 e. The zero-order valence-corrected chi connectivity index (χ0v) is 17.1. The second-order valence-corrected chi connectivity index (χ2v) is 8.31. The van der Waals surface area contributed by atoms with E-state index in [2.05, 4.69) is 15.0 Å². The van der Waals surface area contributed by atoms with Gasteiger partial charge in [-0.05, 0) is 56.2 Å². The molecule has 0 radical (unpaired) electrons. The zero-order valence-electron chi connectivity index (χ0n) is 17.1. The van der Waals surface area contributed by atoms with Crippen LogP contribution in [-0.2, 0) is 11.3 Å². The first-order valence-corrected chi connectivity index (χ1v) is 10.2. The molecule has 152 valence electrons. The van der Waals surface area contributed by atoms with E-state index in [4.69, 9.17) is 0 Å². The summed E-state index contributed by atoms with van der Waals surface area (Å²) >= 11 is 0. The van der Waals surface area contributed by atoms with Crippen LogP contribution < -0.4 is 0 Å². The van der Waals surface area contributed by atoms with Crippen molar-refractivity contribution in [3.05, 3.63) is 53.4 Å². The molecule has 0 saturated carbocycles. The van der Waals surface area contributed by atoms with Gasteiger partial charge in [0, 0.05) is 51.2 Å². The number of likely N-dealkylation sites (tertiary alicyclic amines) is 2. The van der Waals surface area contributed by atoms with Crippen molar-refractivity contribution in [3.8, 4) is 0 Å². The van der Waals surface area contributed by atoms with E-state index in [1.165, 1.54) is 0 Å². The van der Waals surface area contributed by atoms with Crippen molar-refractivity contribution in [1.29, 1.82) is 0 Å². The monoisotopic (exact) mass is 393 g/mol. The normalized spacial score (nSPS) is 18.9. The maximum atomic E-state index is 12.9. The first-order valence-electron chi connectivity index (χ1n) is 10.2. The minimum absolute atomic E-state index is 0.0119. The summed E-state index contributed by atoms with van der Waals surface area (Å²) < 4.78 is 0. The number of carbonyl (C=O) groups is 2. The highest BCUT2D eigenvalue weighted by Gasteiger charge is 2.41. The molecular weight excluding hydrogens is 366 g/mol. The molecule has 0 atom stereocenters. The molecule has 7 nitrogen and oxygen atoms in total. The van der Waals surface area contributed by atoms with Gasteiger partial charge in [0.15, 0.2) is 0 Å². The van der Waals surface area contributed by atoms with E-state index in [1.807, 2.05) is 35.8 Å². The Labute approximate surface area is 171 Å². The number of amides is 2. The Bertz CT molecular complexity index is 907. The summed E-state index contributed by atoms with van der Waals surface area (Å²) in [4.78, 5) is 41.9. The predicted molar refractivity (Wildman–Crippen MR) is 108 cm³/mol. The summed E-state index contributed by atoms with van der Waals surface area (Å²) in [5.74, 6) is 0.911. The Hall–Kier alpha value is -2.83. The maximum absolute atomic E-state index is 12.9. The molecule has 2 fully saturated rings. The van der Waals surface area contributed by atoms with E-state index < -0.39 is 0 Å². The minimum Gasteiger partial charge on any atom is -0.339 e. The Morgan fingerprint density at radius 2 is 1.86 bits per heavy atom. The van der Waals surface area contributed by atoms with Crippen LogP contribution in [0, 0.1) is 19.3 Å². The molecule has 2 aromatic heterocycles. The molecule has 0 unspecified atom stereocenters. The van der Waals surface area contributed by atoms with Crippen LogP contribution in [0.15, 0.2) is 30.7 Å². The molecule has 2 aliphatic rings. The molecule has 2 aromatic rings. The second kappa shape index (κ2) is 7.89. The lowest BCUT2D eigenvalue weighted by molar-refractivity contribution is -0.139. The quantitative estimate of drug-likeness (QED) is 0.801. The highest BCUT2D eigenvalue weighted by Crippen LogP contribution is 2.40. The lowest BCUT2D eigenvalue weighted by atomic mass is 9.72. The van der Waals surface area contributed by atoms with Crippen LogP contribution in [0.1, 0.15) is 53.1 Å². The molecule has 2 amide bonds. The number of carbonyl (C=O) groups excluding carboxylic acids is 2. The van der Waals surface area contributed by atoms with Gasteiger partial charge in [0.05, 0.1) is 11.3 Å². The van der Waals surface area contributed by atoms with Crippen molar-refractivity contribution in [2.75, 3.05) is 19.6 Å². The third-order valence-corrected chi connectivity index (χ3v) is 6.31. The molecule has 4 heterocycles. The first-order chi connectivity index (χ1) is 14.0. The van der Waals surface area contributed by atoms with Gasteiger partial charge in [0.1, 0.15) is 5.82 Å². The van der Waals surface area contributed by atoms with Gasteiger partial charge in [-0.15, -0.1) is 0 Å². The van der Waals surface area contributed by atoms with Crippen LogP contribution in [0.2, 0.25) is 0 Å². The van der Waals surface area contributed by atoms with Gasteiger partial charge in [0.2, 0.25) is 5.91 Å². The Morgan fingerprint density at radius 1 is 1.14 bits per heavy atom. The van der Waals surface area contributed by atoms with Gasteiger partial charge >= 0.3 is 0 Å². The van der Waals surface area contributed by atoms with Crippen molar-refractivity contribution < 1.29 is 9.59 Å². The number of pyridine rings is 1. The fourth-order valence-electron chi connectivity index (χ4n) is 4.51.